The summed E-state index contributed by atoms with van der Waals surface area (Å²) in [6, 6.07) is 0.795. The lowest BCUT2D eigenvalue weighted by Crippen LogP contribution is -2.61. The number of aliphatic hydroxyl groups is 1. The second-order valence-electron chi connectivity index (χ2n) is 4.83. The molecule has 0 spiro atoms. The van der Waals surface area contributed by atoms with Crippen molar-refractivity contribution in [2.45, 2.75) is 25.5 Å². The molecular formula is C11H23N3O. The van der Waals surface area contributed by atoms with Crippen LogP contribution in [0.1, 0.15) is 13.3 Å². The van der Waals surface area contributed by atoms with E-state index in [1.807, 2.05) is 6.92 Å². The Hall–Kier alpha value is -0.160. The van der Waals surface area contributed by atoms with Crippen LogP contribution in [0.25, 0.3) is 0 Å². The molecule has 2 fully saturated rings. The van der Waals surface area contributed by atoms with E-state index in [4.69, 9.17) is 0 Å². The highest BCUT2D eigenvalue weighted by Crippen LogP contribution is 2.10. The minimum Gasteiger partial charge on any atom is -0.393 e. The van der Waals surface area contributed by atoms with E-state index in [9.17, 15) is 5.11 Å². The Morgan fingerprint density at radius 1 is 1.27 bits per heavy atom. The predicted octanol–water partition coefficient (Wildman–Crippen LogP) is -0.653. The summed E-state index contributed by atoms with van der Waals surface area (Å²) in [4.78, 5) is 5.06. The van der Waals surface area contributed by atoms with Crippen LogP contribution in [0.4, 0.5) is 0 Å². The molecule has 0 radical (unpaired) electrons. The Morgan fingerprint density at radius 3 is 2.40 bits per heavy atom. The number of aliphatic hydroxyl groups excluding tert-OH is 1. The minimum atomic E-state index is -0.154. The van der Waals surface area contributed by atoms with E-state index in [-0.39, 0.29) is 6.10 Å². The summed E-state index contributed by atoms with van der Waals surface area (Å²) in [5.74, 6) is 0. The van der Waals surface area contributed by atoms with Gasteiger partial charge in [-0.25, -0.2) is 0 Å². The molecule has 2 rings (SSSR count). The molecule has 4 nitrogen and oxygen atoms in total. The van der Waals surface area contributed by atoms with Crippen LogP contribution >= 0.6 is 0 Å². The van der Waals surface area contributed by atoms with Crippen molar-refractivity contribution in [1.29, 1.82) is 0 Å². The zero-order valence-electron chi connectivity index (χ0n) is 9.65. The van der Waals surface area contributed by atoms with E-state index >= 15 is 0 Å². The van der Waals surface area contributed by atoms with Crippen molar-refractivity contribution in [1.82, 2.24) is 15.1 Å². The van der Waals surface area contributed by atoms with E-state index < -0.39 is 0 Å². The molecule has 0 amide bonds. The average Bonchev–Trinajstić information content (AvgIpc) is 2.14. The lowest BCUT2D eigenvalue weighted by molar-refractivity contribution is 0.0645. The van der Waals surface area contributed by atoms with Gasteiger partial charge >= 0.3 is 0 Å². The van der Waals surface area contributed by atoms with Crippen LogP contribution in [0.5, 0.6) is 0 Å². The second kappa shape index (κ2) is 5.25. The standard InChI is InChI=1S/C11H23N3O/c1-10(15)2-3-13-4-6-14(7-5-13)11-8-12-9-11/h10-12,15H,2-9H2,1H3. The molecule has 2 saturated heterocycles. The molecule has 2 N–H and O–H groups in total. The largest absolute Gasteiger partial charge is 0.393 e. The lowest BCUT2D eigenvalue weighted by atomic mass is 10.1. The average molecular weight is 213 g/mol. The second-order valence-corrected chi connectivity index (χ2v) is 4.83. The van der Waals surface area contributed by atoms with E-state index in [1.165, 1.54) is 39.3 Å². The van der Waals surface area contributed by atoms with Gasteiger partial charge in [-0.2, -0.15) is 0 Å². The van der Waals surface area contributed by atoms with Gasteiger partial charge in [0.25, 0.3) is 0 Å². The third-order valence-electron chi connectivity index (χ3n) is 3.55. The molecular weight excluding hydrogens is 190 g/mol. The van der Waals surface area contributed by atoms with E-state index in [0.29, 0.717) is 0 Å². The van der Waals surface area contributed by atoms with Crippen LogP contribution in [0.3, 0.4) is 0 Å². The van der Waals surface area contributed by atoms with Crippen LogP contribution in [0.2, 0.25) is 0 Å². The lowest BCUT2D eigenvalue weighted by Gasteiger charge is -2.43. The van der Waals surface area contributed by atoms with Gasteiger partial charge in [-0.3, -0.25) is 4.90 Å². The summed E-state index contributed by atoms with van der Waals surface area (Å²) >= 11 is 0. The molecule has 88 valence electrons. The SMILES string of the molecule is CC(O)CCN1CCN(C2CNC2)CC1. The Morgan fingerprint density at radius 2 is 1.93 bits per heavy atom. The first-order valence-electron chi connectivity index (χ1n) is 6.11. The van der Waals surface area contributed by atoms with Gasteiger partial charge in [-0.1, -0.05) is 0 Å². The molecule has 2 aliphatic heterocycles. The monoisotopic (exact) mass is 213 g/mol. The van der Waals surface area contributed by atoms with Gasteiger partial charge in [0.1, 0.15) is 0 Å². The number of nitrogens with zero attached hydrogens (tertiary/aromatic N) is 2. The Bertz CT molecular complexity index is 186. The molecule has 1 atom stereocenters. The van der Waals surface area contributed by atoms with E-state index in [0.717, 1.165) is 19.0 Å². The molecule has 1 unspecified atom stereocenters. The molecule has 2 heterocycles. The normalized spacial score (nSPS) is 27.6. The first kappa shape index (κ1) is 11.3. The highest BCUT2D eigenvalue weighted by Gasteiger charge is 2.27. The molecule has 0 saturated carbocycles. The van der Waals surface area contributed by atoms with E-state index in [1.54, 1.807) is 0 Å². The van der Waals surface area contributed by atoms with Crippen molar-refractivity contribution < 1.29 is 5.11 Å². The topological polar surface area (TPSA) is 38.7 Å². The Balaban J connectivity index is 1.63. The van der Waals surface area contributed by atoms with Gasteiger partial charge in [-0.05, 0) is 13.3 Å². The smallest absolute Gasteiger partial charge is 0.0524 e. The van der Waals surface area contributed by atoms with Crippen molar-refractivity contribution >= 4 is 0 Å². The maximum Gasteiger partial charge on any atom is 0.0524 e. The number of rotatable bonds is 4. The number of nitrogens with one attached hydrogen (secondary N) is 1. The van der Waals surface area contributed by atoms with Crippen molar-refractivity contribution in [2.24, 2.45) is 0 Å². The summed E-state index contributed by atoms with van der Waals surface area (Å²) in [5, 5.41) is 12.5. The predicted molar refractivity (Wildman–Crippen MR) is 61.0 cm³/mol. The minimum absolute atomic E-state index is 0.154. The highest BCUT2D eigenvalue weighted by molar-refractivity contribution is 4.87. The summed E-state index contributed by atoms with van der Waals surface area (Å²) in [6.07, 6.45) is 0.754. The van der Waals surface area contributed by atoms with Crippen molar-refractivity contribution in [3.8, 4) is 0 Å². The van der Waals surface area contributed by atoms with Crippen LogP contribution in [-0.4, -0.2) is 72.9 Å². The fourth-order valence-electron chi connectivity index (χ4n) is 2.25. The first-order chi connectivity index (χ1) is 7.25. The maximum absolute atomic E-state index is 9.23. The molecule has 0 aromatic heterocycles. The summed E-state index contributed by atoms with van der Waals surface area (Å²) in [6.45, 7) is 10.0. The summed E-state index contributed by atoms with van der Waals surface area (Å²) in [5.41, 5.74) is 0. The van der Waals surface area contributed by atoms with Gasteiger partial charge in [-0.15, -0.1) is 0 Å². The summed E-state index contributed by atoms with van der Waals surface area (Å²) in [7, 11) is 0. The third kappa shape index (κ3) is 3.14. The molecule has 0 aromatic rings. The Labute approximate surface area is 92.2 Å². The quantitative estimate of drug-likeness (QED) is 0.651. The number of hydrogen-bond donors (Lipinski definition) is 2. The van der Waals surface area contributed by atoms with Gasteiger partial charge in [0.05, 0.1) is 6.10 Å². The molecule has 2 aliphatic rings. The zero-order chi connectivity index (χ0) is 10.7. The Kier molecular flexibility index (Phi) is 3.97. The van der Waals surface area contributed by atoms with Gasteiger partial charge in [0, 0.05) is 51.9 Å². The van der Waals surface area contributed by atoms with Crippen LogP contribution in [0.15, 0.2) is 0 Å². The number of piperazine rings is 1. The van der Waals surface area contributed by atoms with Gasteiger partial charge in [0.2, 0.25) is 0 Å². The van der Waals surface area contributed by atoms with Crippen LogP contribution < -0.4 is 5.32 Å². The maximum atomic E-state index is 9.23. The fraction of sp³-hybridized carbons (Fsp3) is 1.00. The van der Waals surface area contributed by atoms with Crippen molar-refractivity contribution in [2.75, 3.05) is 45.8 Å². The highest BCUT2D eigenvalue weighted by atomic mass is 16.3. The van der Waals surface area contributed by atoms with E-state index in [2.05, 4.69) is 15.1 Å². The van der Waals surface area contributed by atoms with Gasteiger partial charge in [0.15, 0.2) is 0 Å². The molecule has 0 aliphatic carbocycles. The first-order valence-corrected chi connectivity index (χ1v) is 6.11. The molecule has 0 bridgehead atoms. The molecule has 0 aromatic carbocycles. The van der Waals surface area contributed by atoms with Crippen molar-refractivity contribution in [3.63, 3.8) is 0 Å². The van der Waals surface area contributed by atoms with Crippen LogP contribution in [-0.2, 0) is 0 Å². The third-order valence-corrected chi connectivity index (χ3v) is 3.55. The summed E-state index contributed by atoms with van der Waals surface area (Å²) < 4.78 is 0. The zero-order valence-corrected chi connectivity index (χ0v) is 9.65. The van der Waals surface area contributed by atoms with Gasteiger partial charge < -0.3 is 15.3 Å². The number of hydrogen-bond acceptors (Lipinski definition) is 4. The van der Waals surface area contributed by atoms with Crippen LogP contribution in [0, 0.1) is 0 Å². The fourth-order valence-corrected chi connectivity index (χ4v) is 2.25. The molecule has 4 heteroatoms. The molecule has 15 heavy (non-hydrogen) atoms. The van der Waals surface area contributed by atoms with Crippen molar-refractivity contribution in [3.05, 3.63) is 0 Å².